The molecule has 0 unspecified atom stereocenters. The van der Waals surface area contributed by atoms with E-state index in [1.54, 1.807) is 0 Å². The highest BCUT2D eigenvalue weighted by molar-refractivity contribution is 7.89. The average molecular weight is 271 g/mol. The van der Waals surface area contributed by atoms with Crippen LogP contribution >= 0.6 is 0 Å². The smallest absolute Gasteiger partial charge is 0.307 e. The molecular weight excluding hydrogens is 254 g/mol. The summed E-state index contributed by atoms with van der Waals surface area (Å²) in [5.74, 6) is -0.938. The van der Waals surface area contributed by atoms with E-state index in [-0.39, 0.29) is 11.3 Å². The van der Waals surface area contributed by atoms with Gasteiger partial charge in [0, 0.05) is 6.54 Å². The minimum atomic E-state index is -3.48. The summed E-state index contributed by atoms with van der Waals surface area (Å²) in [6.45, 7) is 2.39. The number of carboxylic acid groups (broad SMARTS) is 1. The molecule has 0 aromatic heterocycles. The molecule has 0 saturated carbocycles. The second-order valence-electron chi connectivity index (χ2n) is 3.97. The van der Waals surface area contributed by atoms with Crippen LogP contribution in [0.1, 0.15) is 25.3 Å². The number of carbonyl (C=O) groups is 1. The van der Waals surface area contributed by atoms with Gasteiger partial charge in [0.2, 0.25) is 10.0 Å². The Morgan fingerprint density at radius 3 is 2.39 bits per heavy atom. The van der Waals surface area contributed by atoms with Crippen LogP contribution in [0.5, 0.6) is 0 Å². The van der Waals surface area contributed by atoms with Crippen molar-refractivity contribution in [2.24, 2.45) is 0 Å². The van der Waals surface area contributed by atoms with E-state index in [1.165, 1.54) is 24.3 Å². The molecule has 1 rings (SSSR count). The minimum Gasteiger partial charge on any atom is -0.481 e. The first-order valence-electron chi connectivity index (χ1n) is 5.76. The van der Waals surface area contributed by atoms with Crippen LogP contribution in [0.4, 0.5) is 0 Å². The molecular formula is C12H17NO4S. The molecule has 0 radical (unpaired) electrons. The Morgan fingerprint density at radius 1 is 1.28 bits per heavy atom. The maximum atomic E-state index is 11.8. The van der Waals surface area contributed by atoms with Gasteiger partial charge in [-0.15, -0.1) is 0 Å². The average Bonchev–Trinajstić information content (AvgIpc) is 2.29. The van der Waals surface area contributed by atoms with E-state index in [0.29, 0.717) is 12.1 Å². The van der Waals surface area contributed by atoms with Gasteiger partial charge in [-0.1, -0.05) is 25.5 Å². The van der Waals surface area contributed by atoms with Crippen molar-refractivity contribution in [3.05, 3.63) is 29.8 Å². The zero-order valence-electron chi connectivity index (χ0n) is 10.2. The van der Waals surface area contributed by atoms with Crippen molar-refractivity contribution in [1.82, 2.24) is 4.72 Å². The standard InChI is InChI=1S/C12H17NO4S/c1-2-3-8-13-18(16,17)11-6-4-10(5-7-11)9-12(14)15/h4-7,13H,2-3,8-9H2,1H3,(H,14,15). The lowest BCUT2D eigenvalue weighted by Gasteiger charge is -2.06. The number of nitrogens with one attached hydrogen (secondary N) is 1. The number of aliphatic carboxylic acids is 1. The second-order valence-corrected chi connectivity index (χ2v) is 5.73. The fraction of sp³-hybridized carbons (Fsp3) is 0.417. The van der Waals surface area contributed by atoms with Crippen LogP contribution in [0.2, 0.25) is 0 Å². The quantitative estimate of drug-likeness (QED) is 0.734. The Labute approximate surface area is 107 Å². The number of hydrogen-bond acceptors (Lipinski definition) is 3. The Balaban J connectivity index is 2.74. The molecule has 0 spiro atoms. The summed E-state index contributed by atoms with van der Waals surface area (Å²) in [7, 11) is -3.48. The van der Waals surface area contributed by atoms with Gasteiger partial charge in [0.05, 0.1) is 11.3 Å². The number of sulfonamides is 1. The summed E-state index contributed by atoms with van der Waals surface area (Å²) in [4.78, 5) is 10.7. The number of rotatable bonds is 7. The Bertz CT molecular complexity index is 493. The zero-order valence-corrected chi connectivity index (χ0v) is 11.0. The lowest BCUT2D eigenvalue weighted by atomic mass is 10.2. The molecule has 0 aliphatic heterocycles. The molecule has 1 aromatic carbocycles. The monoisotopic (exact) mass is 271 g/mol. The summed E-state index contributed by atoms with van der Waals surface area (Å²) in [5, 5.41) is 8.61. The number of hydrogen-bond donors (Lipinski definition) is 2. The maximum Gasteiger partial charge on any atom is 0.307 e. The third-order valence-electron chi connectivity index (χ3n) is 2.41. The number of carboxylic acids is 1. The molecule has 6 heteroatoms. The van der Waals surface area contributed by atoms with Crippen LogP contribution in [0.25, 0.3) is 0 Å². The highest BCUT2D eigenvalue weighted by Crippen LogP contribution is 2.11. The van der Waals surface area contributed by atoms with Crippen LogP contribution in [0, 0.1) is 0 Å². The molecule has 0 aliphatic rings. The van der Waals surface area contributed by atoms with Crippen LogP contribution in [-0.4, -0.2) is 26.0 Å². The Kier molecular flexibility index (Phi) is 5.30. The molecule has 0 fully saturated rings. The van der Waals surface area contributed by atoms with Crippen molar-refractivity contribution in [3.63, 3.8) is 0 Å². The highest BCUT2D eigenvalue weighted by atomic mass is 32.2. The van der Waals surface area contributed by atoms with Crippen molar-refractivity contribution < 1.29 is 18.3 Å². The molecule has 0 atom stereocenters. The lowest BCUT2D eigenvalue weighted by Crippen LogP contribution is -2.24. The molecule has 5 nitrogen and oxygen atoms in total. The molecule has 100 valence electrons. The van der Waals surface area contributed by atoms with E-state index in [0.717, 1.165) is 12.8 Å². The molecule has 0 saturated heterocycles. The SMILES string of the molecule is CCCCNS(=O)(=O)c1ccc(CC(=O)O)cc1. The first-order valence-corrected chi connectivity index (χ1v) is 7.24. The van der Waals surface area contributed by atoms with Gasteiger partial charge in [0.25, 0.3) is 0 Å². The largest absolute Gasteiger partial charge is 0.481 e. The van der Waals surface area contributed by atoms with E-state index in [2.05, 4.69) is 4.72 Å². The van der Waals surface area contributed by atoms with Crippen LogP contribution in [0.15, 0.2) is 29.2 Å². The summed E-state index contributed by atoms with van der Waals surface area (Å²) in [6, 6.07) is 5.88. The molecule has 0 aliphatic carbocycles. The normalized spacial score (nSPS) is 11.4. The maximum absolute atomic E-state index is 11.8. The molecule has 0 bridgehead atoms. The summed E-state index contributed by atoms with van der Waals surface area (Å²) in [6.07, 6.45) is 1.60. The van der Waals surface area contributed by atoms with Gasteiger partial charge in [-0.2, -0.15) is 0 Å². The summed E-state index contributed by atoms with van der Waals surface area (Å²) < 4.78 is 26.1. The highest BCUT2D eigenvalue weighted by Gasteiger charge is 2.12. The van der Waals surface area contributed by atoms with E-state index >= 15 is 0 Å². The van der Waals surface area contributed by atoms with Gasteiger partial charge in [0.15, 0.2) is 0 Å². The van der Waals surface area contributed by atoms with Crippen molar-refractivity contribution in [2.45, 2.75) is 31.1 Å². The Morgan fingerprint density at radius 2 is 1.89 bits per heavy atom. The first kappa shape index (κ1) is 14.7. The summed E-state index contributed by atoms with van der Waals surface area (Å²) in [5.41, 5.74) is 0.579. The van der Waals surface area contributed by atoms with Gasteiger partial charge in [-0.05, 0) is 24.1 Å². The van der Waals surface area contributed by atoms with E-state index in [9.17, 15) is 13.2 Å². The van der Waals surface area contributed by atoms with Crippen molar-refractivity contribution in [2.75, 3.05) is 6.54 Å². The molecule has 18 heavy (non-hydrogen) atoms. The van der Waals surface area contributed by atoms with Gasteiger partial charge < -0.3 is 5.11 Å². The van der Waals surface area contributed by atoms with Crippen LogP contribution in [0.3, 0.4) is 0 Å². The minimum absolute atomic E-state index is 0.108. The molecule has 0 amide bonds. The van der Waals surface area contributed by atoms with E-state index < -0.39 is 16.0 Å². The zero-order chi connectivity index (χ0) is 13.6. The van der Waals surface area contributed by atoms with Crippen LogP contribution < -0.4 is 4.72 Å². The number of unbranched alkanes of at least 4 members (excludes halogenated alkanes) is 1. The van der Waals surface area contributed by atoms with Gasteiger partial charge >= 0.3 is 5.97 Å². The first-order chi connectivity index (χ1) is 8.45. The molecule has 0 heterocycles. The van der Waals surface area contributed by atoms with Crippen LogP contribution in [-0.2, 0) is 21.2 Å². The second kappa shape index (κ2) is 6.51. The van der Waals surface area contributed by atoms with Crippen molar-refractivity contribution in [3.8, 4) is 0 Å². The summed E-state index contributed by atoms with van der Waals surface area (Å²) >= 11 is 0. The van der Waals surface area contributed by atoms with Crippen molar-refractivity contribution in [1.29, 1.82) is 0 Å². The fourth-order valence-electron chi connectivity index (χ4n) is 1.43. The van der Waals surface area contributed by atoms with E-state index in [1.807, 2.05) is 6.92 Å². The van der Waals surface area contributed by atoms with Gasteiger partial charge in [0.1, 0.15) is 0 Å². The molecule has 1 aromatic rings. The fourth-order valence-corrected chi connectivity index (χ4v) is 2.50. The molecule has 2 N–H and O–H groups in total. The number of benzene rings is 1. The predicted molar refractivity (Wildman–Crippen MR) is 67.9 cm³/mol. The van der Waals surface area contributed by atoms with Gasteiger partial charge in [-0.25, -0.2) is 13.1 Å². The predicted octanol–water partition coefficient (Wildman–Crippen LogP) is 1.39. The lowest BCUT2D eigenvalue weighted by molar-refractivity contribution is -0.136. The topological polar surface area (TPSA) is 83.5 Å². The Hall–Kier alpha value is -1.40. The third-order valence-corrected chi connectivity index (χ3v) is 3.89. The van der Waals surface area contributed by atoms with E-state index in [4.69, 9.17) is 5.11 Å². The third kappa shape index (κ3) is 4.46. The van der Waals surface area contributed by atoms with Crippen molar-refractivity contribution >= 4 is 16.0 Å². The van der Waals surface area contributed by atoms with Gasteiger partial charge in [-0.3, -0.25) is 4.79 Å².